The largest absolute Gasteiger partial charge is 1.00 e. The molecule has 4 heterocycles. The fourth-order valence-corrected chi connectivity index (χ4v) is 4.92. The summed E-state index contributed by atoms with van der Waals surface area (Å²) in [5.74, 6) is -1.19. The Labute approximate surface area is 177 Å². The molecule has 2 aromatic heterocycles. The molecular weight excluding hydrogens is 493 g/mol. The molecule has 2 fully saturated rings. The van der Waals surface area contributed by atoms with Crippen molar-refractivity contribution in [3.8, 4) is 0 Å². The molecule has 4 N–H and O–H groups in total. The van der Waals surface area contributed by atoms with Crippen molar-refractivity contribution in [3.05, 3.63) is 15.1 Å². The Balaban J connectivity index is 0.00000272. The molecule has 164 valence electrons. The predicted octanol–water partition coefficient (Wildman–Crippen LogP) is -0.943. The maximum Gasteiger partial charge on any atom is 1.00 e. The second-order valence-electron chi connectivity index (χ2n) is 6.72. The lowest BCUT2D eigenvalue weighted by Gasteiger charge is -2.34. The third-order valence-corrected chi connectivity index (χ3v) is 6.30. The Morgan fingerprint density at radius 3 is 2.90 bits per heavy atom. The van der Waals surface area contributed by atoms with Crippen LogP contribution < -0.4 is 16.2 Å². The minimum absolute atomic E-state index is 0. The number of imidazole rings is 1. The number of nitrogen functional groups attached to an aromatic ring is 1. The van der Waals surface area contributed by atoms with Crippen LogP contribution in [-0.4, -0.2) is 60.2 Å². The number of carboxylic acid groups (broad SMARTS) is 1. The zero-order valence-corrected chi connectivity index (χ0v) is 17.6. The van der Waals surface area contributed by atoms with Crippen LogP contribution in [0.15, 0.2) is 9.53 Å². The van der Waals surface area contributed by atoms with Gasteiger partial charge in [-0.1, -0.05) is 0 Å². The number of phosphoric ester groups is 1. The van der Waals surface area contributed by atoms with Crippen LogP contribution in [0.4, 0.5) is 5.95 Å². The lowest BCUT2D eigenvalue weighted by Crippen LogP contribution is -2.41. The third kappa shape index (κ3) is 3.66. The Bertz CT molecular complexity index is 1130. The molecule has 4 rings (SSSR count). The van der Waals surface area contributed by atoms with Crippen molar-refractivity contribution >= 4 is 46.8 Å². The Morgan fingerprint density at radius 2 is 2.20 bits per heavy atom. The van der Waals surface area contributed by atoms with Gasteiger partial charge < -0.3 is 34.6 Å². The summed E-state index contributed by atoms with van der Waals surface area (Å²) >= 11 is 3.19. The van der Waals surface area contributed by atoms with E-state index in [2.05, 4.69) is 30.4 Å². The number of anilines is 1. The second kappa shape index (κ2) is 7.67. The van der Waals surface area contributed by atoms with Crippen LogP contribution in [0.5, 0.6) is 0 Å². The summed E-state index contributed by atoms with van der Waals surface area (Å²) in [6.45, 7) is -0.309. The summed E-state index contributed by atoms with van der Waals surface area (Å²) in [7, 11) is -4.55. The number of fused-ring (bicyclic) bond motifs is 2. The van der Waals surface area contributed by atoms with E-state index in [-0.39, 0.29) is 49.3 Å². The average molecular weight is 510 g/mol. The number of phosphoric acid groups is 1. The first-order chi connectivity index (χ1) is 14.1. The number of aliphatic hydroxyl groups excluding tert-OH is 1. The lowest BCUT2D eigenvalue weighted by molar-refractivity contribution is -0.245. The van der Waals surface area contributed by atoms with E-state index in [1.54, 1.807) is 0 Å². The maximum atomic E-state index is 12.8. The van der Waals surface area contributed by atoms with Gasteiger partial charge >= 0.3 is 7.40 Å². The fourth-order valence-electron chi connectivity index (χ4n) is 3.42. The van der Waals surface area contributed by atoms with Crippen LogP contribution in [0.25, 0.3) is 11.2 Å². The van der Waals surface area contributed by atoms with Gasteiger partial charge in [-0.3, -0.25) is 23.3 Å². The molecule has 0 bridgehead atoms. The predicted molar refractivity (Wildman–Crippen MR) is 100 cm³/mol. The van der Waals surface area contributed by atoms with Crippen molar-refractivity contribution in [3.63, 3.8) is 0 Å². The van der Waals surface area contributed by atoms with Gasteiger partial charge in [-0.25, -0.2) is 4.98 Å². The molecule has 0 amide bonds. The number of aromatic nitrogens is 4. The standard InChI is InChI=1S/C14H17BrN5O9P/c15-13-17-7-10(18-14(16)19(11(7)24)3-1-2-6(21)22)20(13)12-8(23)9-5(28-12)4-27-30(25,26)29-9/h5,8-9,12,23H,1-4H2,(H2,16,18)(H,21,22)(H,25,26)/t5?,8?,9-,12-/m1/s1. The van der Waals surface area contributed by atoms with Gasteiger partial charge in [0.05, 0.1) is 6.61 Å². The van der Waals surface area contributed by atoms with E-state index in [1.807, 2.05) is 0 Å². The zero-order chi connectivity index (χ0) is 21.8. The Kier molecular flexibility index (Phi) is 5.47. The number of nitrogens with zero attached hydrogens (tertiary/aromatic N) is 4. The SMILES string of the molecule is Nc1nc2c(nc(Br)n2[C@@H]2OC3COP(=O)([O-])O[C@H]3C2O)c(=O)n1CCCC(=O)O.[H+]. The minimum atomic E-state index is -4.55. The van der Waals surface area contributed by atoms with E-state index in [1.165, 1.54) is 4.57 Å². The molecule has 0 radical (unpaired) electrons. The normalized spacial score (nSPS) is 31.2. The highest BCUT2D eigenvalue weighted by molar-refractivity contribution is 9.10. The summed E-state index contributed by atoms with van der Waals surface area (Å²) in [6.07, 6.45) is -4.69. The van der Waals surface area contributed by atoms with Gasteiger partial charge in [0.1, 0.15) is 18.3 Å². The van der Waals surface area contributed by atoms with Gasteiger partial charge in [-0.2, -0.15) is 4.98 Å². The van der Waals surface area contributed by atoms with E-state index in [0.29, 0.717) is 0 Å². The maximum absolute atomic E-state index is 12.8. The van der Waals surface area contributed by atoms with Gasteiger partial charge in [0.2, 0.25) is 5.95 Å². The molecule has 0 aliphatic carbocycles. The van der Waals surface area contributed by atoms with Crippen LogP contribution in [0.3, 0.4) is 0 Å². The summed E-state index contributed by atoms with van der Waals surface area (Å²) in [4.78, 5) is 43.3. The van der Waals surface area contributed by atoms with Crippen LogP contribution in [0, 0.1) is 0 Å². The lowest BCUT2D eigenvalue weighted by atomic mass is 10.1. The summed E-state index contributed by atoms with van der Waals surface area (Å²) < 4.78 is 29.1. The fraction of sp³-hybridized carbons (Fsp3) is 0.571. The van der Waals surface area contributed by atoms with Gasteiger partial charge in [0, 0.05) is 13.0 Å². The number of hydrogen-bond donors (Lipinski definition) is 3. The van der Waals surface area contributed by atoms with E-state index >= 15 is 0 Å². The smallest absolute Gasteiger partial charge is 0.756 e. The molecule has 0 spiro atoms. The first-order valence-corrected chi connectivity index (χ1v) is 11.0. The van der Waals surface area contributed by atoms with Gasteiger partial charge in [-0.05, 0) is 22.4 Å². The van der Waals surface area contributed by atoms with Crippen LogP contribution in [-0.2, 0) is 29.7 Å². The molecule has 16 heteroatoms. The molecule has 5 atom stereocenters. The van der Waals surface area contributed by atoms with Crippen molar-refractivity contribution in [1.82, 2.24) is 19.1 Å². The summed E-state index contributed by atoms with van der Waals surface area (Å²) in [5, 5.41) is 19.4. The molecule has 2 aliphatic heterocycles. The zero-order valence-electron chi connectivity index (χ0n) is 16.1. The van der Waals surface area contributed by atoms with Crippen molar-refractivity contribution in [2.75, 3.05) is 12.3 Å². The Hall–Kier alpha value is -1.87. The van der Waals surface area contributed by atoms with Crippen molar-refractivity contribution in [2.24, 2.45) is 0 Å². The van der Waals surface area contributed by atoms with Gasteiger partial charge in [0.25, 0.3) is 13.4 Å². The summed E-state index contributed by atoms with van der Waals surface area (Å²) in [6, 6.07) is 0. The molecule has 2 saturated heterocycles. The number of hydrogen-bond acceptors (Lipinski definition) is 11. The first-order valence-electron chi connectivity index (χ1n) is 8.72. The molecule has 0 saturated carbocycles. The highest BCUT2D eigenvalue weighted by Crippen LogP contribution is 2.50. The molecular formula is C14H17BrN5O9P. The number of carbonyl (C=O) groups is 1. The number of ether oxygens (including phenoxy) is 1. The van der Waals surface area contributed by atoms with Crippen molar-refractivity contribution < 1.29 is 39.7 Å². The van der Waals surface area contributed by atoms with Crippen molar-refractivity contribution in [2.45, 2.75) is 43.9 Å². The second-order valence-corrected chi connectivity index (χ2v) is 8.79. The molecule has 30 heavy (non-hydrogen) atoms. The monoisotopic (exact) mass is 509 g/mol. The van der Waals surface area contributed by atoms with Crippen molar-refractivity contribution in [1.29, 1.82) is 0 Å². The van der Waals surface area contributed by atoms with E-state index in [9.17, 15) is 24.2 Å². The highest BCUT2D eigenvalue weighted by Gasteiger charge is 2.51. The molecule has 14 nitrogen and oxygen atoms in total. The number of rotatable bonds is 5. The van der Waals surface area contributed by atoms with E-state index < -0.39 is 43.9 Å². The molecule has 3 unspecified atom stereocenters. The molecule has 2 aliphatic rings. The van der Waals surface area contributed by atoms with E-state index in [0.717, 1.165) is 4.57 Å². The van der Waals surface area contributed by atoms with Gasteiger partial charge in [0.15, 0.2) is 22.1 Å². The third-order valence-electron chi connectivity index (χ3n) is 4.77. The number of aliphatic hydroxyl groups is 1. The minimum Gasteiger partial charge on any atom is -0.756 e. The summed E-state index contributed by atoms with van der Waals surface area (Å²) in [5.41, 5.74) is 5.19. The quantitative estimate of drug-likeness (QED) is 0.329. The molecule has 0 aromatic carbocycles. The van der Waals surface area contributed by atoms with Crippen LogP contribution in [0.1, 0.15) is 20.5 Å². The van der Waals surface area contributed by atoms with Crippen LogP contribution in [0.2, 0.25) is 0 Å². The number of aliphatic carboxylic acids is 1. The highest BCUT2D eigenvalue weighted by atomic mass is 79.9. The Morgan fingerprint density at radius 1 is 1.47 bits per heavy atom. The number of carboxylic acids is 1. The van der Waals surface area contributed by atoms with Crippen LogP contribution >= 0.6 is 23.8 Å². The van der Waals surface area contributed by atoms with Gasteiger partial charge in [-0.15, -0.1) is 0 Å². The average Bonchev–Trinajstić information content (AvgIpc) is 3.13. The molecule has 2 aromatic rings. The number of halogens is 1. The first kappa shape index (κ1) is 21.4. The topological polar surface area (TPSA) is 204 Å². The number of nitrogens with two attached hydrogens (primary N) is 1. The van der Waals surface area contributed by atoms with E-state index in [4.69, 9.17) is 20.1 Å².